The smallest absolute Gasteiger partial charge is 0.254 e. The summed E-state index contributed by atoms with van der Waals surface area (Å²) in [5, 5.41) is -0.0497. The lowest BCUT2D eigenvalue weighted by molar-refractivity contribution is -0.141. The molecule has 2 atom stereocenters. The number of rotatable bonds is 3. The Hall–Kier alpha value is -1.62. The van der Waals surface area contributed by atoms with E-state index in [1.54, 1.807) is 4.90 Å². The standard InChI is InChI=1S/C19H22ClFN2O2/c20-16-8-13(5-7-17(16)21)18(24)22-10-14-4-6-15(11-22)23(19(14)25)9-12-2-1-3-12/h5,7-8,12,14-15H,1-4,6,9-11H2/t14-,15+/m0/s1. The Labute approximate surface area is 151 Å². The van der Waals surface area contributed by atoms with Gasteiger partial charge < -0.3 is 9.80 Å². The number of hydrogen-bond donors (Lipinski definition) is 0. The maximum absolute atomic E-state index is 13.4. The quantitative estimate of drug-likeness (QED) is 0.825. The van der Waals surface area contributed by atoms with Crippen LogP contribution in [-0.2, 0) is 4.79 Å². The summed E-state index contributed by atoms with van der Waals surface area (Å²) in [5.74, 6) is 0.0192. The van der Waals surface area contributed by atoms with Gasteiger partial charge >= 0.3 is 0 Å². The van der Waals surface area contributed by atoms with Crippen molar-refractivity contribution in [2.75, 3.05) is 19.6 Å². The highest BCUT2D eigenvalue weighted by atomic mass is 35.5. The second-order valence-electron chi connectivity index (χ2n) is 7.55. The van der Waals surface area contributed by atoms with Crippen LogP contribution in [0.15, 0.2) is 18.2 Å². The van der Waals surface area contributed by atoms with Gasteiger partial charge in [-0.2, -0.15) is 0 Å². The Kier molecular flexibility index (Phi) is 4.44. The molecule has 134 valence electrons. The lowest BCUT2D eigenvalue weighted by Gasteiger charge is -2.40. The molecule has 0 spiro atoms. The van der Waals surface area contributed by atoms with Crippen LogP contribution in [-0.4, -0.2) is 47.3 Å². The van der Waals surface area contributed by atoms with Crippen molar-refractivity contribution in [2.45, 2.75) is 38.1 Å². The summed E-state index contributed by atoms with van der Waals surface area (Å²) in [6, 6.07) is 4.16. The summed E-state index contributed by atoms with van der Waals surface area (Å²) >= 11 is 5.82. The Morgan fingerprint density at radius 3 is 2.68 bits per heavy atom. The highest BCUT2D eigenvalue weighted by Gasteiger charge is 2.43. The monoisotopic (exact) mass is 364 g/mol. The van der Waals surface area contributed by atoms with Gasteiger partial charge in [-0.05, 0) is 49.8 Å². The van der Waals surface area contributed by atoms with Crippen LogP contribution in [0.4, 0.5) is 4.39 Å². The van der Waals surface area contributed by atoms with Gasteiger partial charge in [0.1, 0.15) is 5.82 Å². The number of carbonyl (C=O) groups is 2. The van der Waals surface area contributed by atoms with Gasteiger partial charge in [0.25, 0.3) is 5.91 Å². The van der Waals surface area contributed by atoms with Gasteiger partial charge in [0.05, 0.1) is 10.9 Å². The minimum absolute atomic E-state index is 0.0497. The summed E-state index contributed by atoms with van der Waals surface area (Å²) in [5.41, 5.74) is 0.380. The maximum atomic E-state index is 13.4. The molecule has 4 aliphatic rings. The zero-order chi connectivity index (χ0) is 17.6. The Morgan fingerprint density at radius 2 is 2.00 bits per heavy atom. The Balaban J connectivity index is 1.53. The molecule has 2 amide bonds. The number of benzene rings is 1. The second-order valence-corrected chi connectivity index (χ2v) is 7.96. The van der Waals surface area contributed by atoms with E-state index in [2.05, 4.69) is 0 Å². The largest absolute Gasteiger partial charge is 0.337 e. The van der Waals surface area contributed by atoms with E-state index >= 15 is 0 Å². The van der Waals surface area contributed by atoms with Gasteiger partial charge in [0.2, 0.25) is 5.91 Å². The number of amides is 2. The fourth-order valence-electron chi connectivity index (χ4n) is 4.21. The fourth-order valence-corrected chi connectivity index (χ4v) is 4.39. The number of nitrogens with zero attached hydrogens (tertiary/aromatic N) is 2. The first-order valence-corrected chi connectivity index (χ1v) is 9.45. The Morgan fingerprint density at radius 1 is 1.20 bits per heavy atom. The van der Waals surface area contributed by atoms with Gasteiger partial charge in [0.15, 0.2) is 0 Å². The minimum Gasteiger partial charge on any atom is -0.337 e. The second kappa shape index (κ2) is 6.60. The topological polar surface area (TPSA) is 40.6 Å². The molecule has 2 bridgehead atoms. The molecule has 25 heavy (non-hydrogen) atoms. The summed E-state index contributed by atoms with van der Waals surface area (Å²) in [4.78, 5) is 29.4. The molecule has 0 aromatic heterocycles. The first-order valence-electron chi connectivity index (χ1n) is 9.07. The van der Waals surface area contributed by atoms with Gasteiger partial charge in [0, 0.05) is 31.2 Å². The van der Waals surface area contributed by atoms with Crippen LogP contribution in [0, 0.1) is 17.7 Å². The van der Waals surface area contributed by atoms with E-state index in [0.717, 1.165) is 19.4 Å². The molecule has 1 aliphatic carbocycles. The van der Waals surface area contributed by atoms with Gasteiger partial charge in [-0.25, -0.2) is 4.39 Å². The summed E-state index contributed by atoms with van der Waals surface area (Å²) in [6.45, 7) is 1.84. The summed E-state index contributed by atoms with van der Waals surface area (Å²) < 4.78 is 13.4. The highest BCUT2D eigenvalue weighted by molar-refractivity contribution is 6.31. The van der Waals surface area contributed by atoms with Gasteiger partial charge in [-0.1, -0.05) is 18.0 Å². The van der Waals surface area contributed by atoms with Crippen LogP contribution in [0.25, 0.3) is 0 Å². The van der Waals surface area contributed by atoms with Crippen LogP contribution in [0.3, 0.4) is 0 Å². The molecule has 0 N–H and O–H groups in total. The molecule has 0 radical (unpaired) electrons. The first-order chi connectivity index (χ1) is 12.0. The molecule has 3 saturated heterocycles. The van der Waals surface area contributed by atoms with Crippen molar-refractivity contribution in [1.29, 1.82) is 0 Å². The van der Waals surface area contributed by atoms with Gasteiger partial charge in [-0.15, -0.1) is 0 Å². The van der Waals surface area contributed by atoms with Crippen molar-refractivity contribution in [3.05, 3.63) is 34.6 Å². The molecule has 3 heterocycles. The maximum Gasteiger partial charge on any atom is 0.254 e. The predicted octanol–water partition coefficient (Wildman–Crippen LogP) is 3.34. The van der Waals surface area contributed by atoms with Crippen LogP contribution in [0.1, 0.15) is 42.5 Å². The van der Waals surface area contributed by atoms with Crippen LogP contribution < -0.4 is 0 Å². The molecular formula is C19H22ClFN2O2. The van der Waals surface area contributed by atoms with E-state index < -0.39 is 5.82 Å². The molecule has 5 rings (SSSR count). The first kappa shape index (κ1) is 16.8. The van der Waals surface area contributed by atoms with Crippen molar-refractivity contribution < 1.29 is 14.0 Å². The average Bonchev–Trinajstić information content (AvgIpc) is 2.84. The SMILES string of the molecule is O=C(c1ccc(F)c(Cl)c1)N1C[C@@H]2CC[C@H](C1)N(CC1CCC1)C2=O. The third-order valence-electron chi connectivity index (χ3n) is 5.93. The molecule has 6 heteroatoms. The highest BCUT2D eigenvalue weighted by Crippen LogP contribution is 2.34. The molecule has 3 aliphatic heterocycles. The van der Waals surface area contributed by atoms with Crippen LogP contribution in [0.5, 0.6) is 0 Å². The molecule has 1 aromatic carbocycles. The van der Waals surface area contributed by atoms with Crippen molar-refractivity contribution >= 4 is 23.4 Å². The van der Waals surface area contributed by atoms with Crippen molar-refractivity contribution in [1.82, 2.24) is 9.80 Å². The Bertz CT molecular complexity index is 707. The number of hydrogen-bond acceptors (Lipinski definition) is 2. The fraction of sp³-hybridized carbons (Fsp3) is 0.579. The van der Waals surface area contributed by atoms with E-state index in [9.17, 15) is 14.0 Å². The molecule has 1 saturated carbocycles. The summed E-state index contributed by atoms with van der Waals surface area (Å²) in [6.07, 6.45) is 5.47. The zero-order valence-electron chi connectivity index (χ0n) is 14.1. The van der Waals surface area contributed by atoms with Crippen molar-refractivity contribution in [3.8, 4) is 0 Å². The number of fused-ring (bicyclic) bond motifs is 4. The molecule has 0 unspecified atom stereocenters. The summed E-state index contributed by atoms with van der Waals surface area (Å²) in [7, 11) is 0. The third-order valence-corrected chi connectivity index (χ3v) is 6.22. The third kappa shape index (κ3) is 3.14. The predicted molar refractivity (Wildman–Crippen MR) is 92.9 cm³/mol. The van der Waals surface area contributed by atoms with E-state index in [0.29, 0.717) is 24.6 Å². The number of piperidine rings is 1. The molecule has 4 fully saturated rings. The van der Waals surface area contributed by atoms with Crippen LogP contribution in [0.2, 0.25) is 5.02 Å². The minimum atomic E-state index is -0.531. The molecule has 4 nitrogen and oxygen atoms in total. The van der Waals surface area contributed by atoms with E-state index in [1.165, 1.54) is 37.5 Å². The van der Waals surface area contributed by atoms with Crippen LogP contribution >= 0.6 is 11.6 Å². The van der Waals surface area contributed by atoms with Crippen molar-refractivity contribution in [2.24, 2.45) is 11.8 Å². The average molecular weight is 365 g/mol. The zero-order valence-corrected chi connectivity index (χ0v) is 14.8. The lowest BCUT2D eigenvalue weighted by atomic mass is 9.83. The normalized spacial score (nSPS) is 26.6. The lowest BCUT2D eigenvalue weighted by Crippen LogP contribution is -2.50. The van der Waals surface area contributed by atoms with Gasteiger partial charge in [-0.3, -0.25) is 9.59 Å². The van der Waals surface area contributed by atoms with E-state index in [4.69, 9.17) is 11.6 Å². The molecular weight excluding hydrogens is 343 g/mol. The number of carbonyl (C=O) groups excluding carboxylic acids is 2. The van der Waals surface area contributed by atoms with E-state index in [-0.39, 0.29) is 28.8 Å². The van der Waals surface area contributed by atoms with E-state index in [1.807, 2.05) is 4.90 Å². The number of halogens is 2. The van der Waals surface area contributed by atoms with Crippen molar-refractivity contribution in [3.63, 3.8) is 0 Å². The molecule has 1 aromatic rings.